The molecule has 0 bridgehead atoms. The van der Waals surface area contributed by atoms with Crippen molar-refractivity contribution in [2.75, 3.05) is 26.3 Å². The summed E-state index contributed by atoms with van der Waals surface area (Å²) in [4.78, 5) is 0. The average molecular weight is 209 g/mol. The summed E-state index contributed by atoms with van der Waals surface area (Å²) in [5, 5.41) is 11.6. The zero-order valence-corrected chi connectivity index (χ0v) is 9.42. The number of ether oxygens (including phenoxy) is 1. The molecule has 0 amide bonds. The van der Waals surface area contributed by atoms with E-state index in [0.29, 0.717) is 13.2 Å². The number of nitrogens with one attached hydrogen (secondary N) is 1. The molecule has 0 unspecified atom stereocenters. The molecule has 2 N–H and O–H groups in total. The van der Waals surface area contributed by atoms with E-state index in [4.69, 9.17) is 9.84 Å². The molecule has 0 saturated heterocycles. The van der Waals surface area contributed by atoms with Crippen LogP contribution < -0.4 is 10.1 Å². The number of hydrogen-bond acceptors (Lipinski definition) is 3. The first kappa shape index (κ1) is 12.0. The number of benzene rings is 1. The summed E-state index contributed by atoms with van der Waals surface area (Å²) >= 11 is 0. The maximum absolute atomic E-state index is 8.55. The second kappa shape index (κ2) is 6.43. The van der Waals surface area contributed by atoms with Crippen molar-refractivity contribution in [1.82, 2.24) is 5.32 Å². The molecule has 3 nitrogen and oxygen atoms in total. The first-order valence-corrected chi connectivity index (χ1v) is 5.25. The summed E-state index contributed by atoms with van der Waals surface area (Å²) in [7, 11) is 0. The van der Waals surface area contributed by atoms with Crippen molar-refractivity contribution in [3.8, 4) is 5.75 Å². The number of aliphatic hydroxyl groups is 1. The lowest BCUT2D eigenvalue weighted by molar-refractivity contribution is 0.276. The molecule has 15 heavy (non-hydrogen) atoms. The lowest BCUT2D eigenvalue weighted by Crippen LogP contribution is -2.23. The van der Waals surface area contributed by atoms with E-state index in [-0.39, 0.29) is 6.61 Å². The molecule has 0 heterocycles. The number of aliphatic hydroxyl groups excluding tert-OH is 1. The van der Waals surface area contributed by atoms with Crippen molar-refractivity contribution in [2.45, 2.75) is 13.8 Å². The third-order valence-corrected chi connectivity index (χ3v) is 2.03. The van der Waals surface area contributed by atoms with E-state index >= 15 is 0 Å². The Labute approximate surface area is 91.1 Å². The largest absolute Gasteiger partial charge is 0.492 e. The van der Waals surface area contributed by atoms with Crippen LogP contribution in [0, 0.1) is 13.8 Å². The molecule has 0 radical (unpaired) electrons. The molecule has 0 saturated carbocycles. The van der Waals surface area contributed by atoms with E-state index in [2.05, 4.69) is 25.2 Å². The number of rotatable bonds is 6. The van der Waals surface area contributed by atoms with Gasteiger partial charge in [-0.25, -0.2) is 0 Å². The molecule has 0 aliphatic rings. The minimum atomic E-state index is 0.170. The predicted molar refractivity (Wildman–Crippen MR) is 61.4 cm³/mol. The fourth-order valence-electron chi connectivity index (χ4n) is 1.46. The Morgan fingerprint density at radius 3 is 2.40 bits per heavy atom. The minimum absolute atomic E-state index is 0.170. The Hall–Kier alpha value is -1.06. The van der Waals surface area contributed by atoms with E-state index in [1.807, 2.05) is 12.1 Å². The quantitative estimate of drug-likeness (QED) is 0.693. The lowest BCUT2D eigenvalue weighted by atomic mass is 10.1. The molecule has 3 heteroatoms. The first-order valence-electron chi connectivity index (χ1n) is 5.25. The van der Waals surface area contributed by atoms with E-state index in [0.717, 1.165) is 12.3 Å². The van der Waals surface area contributed by atoms with Crippen molar-refractivity contribution in [1.29, 1.82) is 0 Å². The van der Waals surface area contributed by atoms with Gasteiger partial charge < -0.3 is 15.2 Å². The van der Waals surface area contributed by atoms with Gasteiger partial charge in [0.05, 0.1) is 6.61 Å². The summed E-state index contributed by atoms with van der Waals surface area (Å²) in [5.74, 6) is 0.915. The summed E-state index contributed by atoms with van der Waals surface area (Å²) in [6, 6.07) is 6.18. The standard InChI is InChI=1S/C12H19NO2/c1-10-7-11(2)9-12(8-10)15-6-4-13-3-5-14/h7-9,13-14H,3-6H2,1-2H3. The maximum Gasteiger partial charge on any atom is 0.119 e. The van der Waals surface area contributed by atoms with Crippen molar-refractivity contribution in [3.05, 3.63) is 29.3 Å². The van der Waals surface area contributed by atoms with Crippen molar-refractivity contribution in [2.24, 2.45) is 0 Å². The third-order valence-electron chi connectivity index (χ3n) is 2.03. The van der Waals surface area contributed by atoms with Crippen molar-refractivity contribution < 1.29 is 9.84 Å². The predicted octanol–water partition coefficient (Wildman–Crippen LogP) is 1.26. The second-order valence-electron chi connectivity index (χ2n) is 3.65. The van der Waals surface area contributed by atoms with Crippen LogP contribution in [0.5, 0.6) is 5.75 Å². The van der Waals surface area contributed by atoms with Gasteiger partial charge in [0.15, 0.2) is 0 Å². The number of aryl methyl sites for hydroxylation is 2. The molecule has 0 aliphatic carbocycles. The molecular formula is C12H19NO2. The molecule has 0 aromatic heterocycles. The summed E-state index contributed by atoms with van der Waals surface area (Å²) < 4.78 is 5.57. The highest BCUT2D eigenvalue weighted by Gasteiger charge is 1.96. The Morgan fingerprint density at radius 2 is 1.80 bits per heavy atom. The van der Waals surface area contributed by atoms with E-state index in [9.17, 15) is 0 Å². The smallest absolute Gasteiger partial charge is 0.119 e. The van der Waals surface area contributed by atoms with E-state index in [1.54, 1.807) is 0 Å². The Balaban J connectivity index is 2.31. The topological polar surface area (TPSA) is 41.5 Å². The highest BCUT2D eigenvalue weighted by molar-refractivity contribution is 5.32. The van der Waals surface area contributed by atoms with Gasteiger partial charge in [0.2, 0.25) is 0 Å². The van der Waals surface area contributed by atoms with Crippen LogP contribution in [-0.2, 0) is 0 Å². The van der Waals surface area contributed by atoms with Crippen LogP contribution in [-0.4, -0.2) is 31.4 Å². The third kappa shape index (κ3) is 4.81. The van der Waals surface area contributed by atoms with Crippen LogP contribution in [0.4, 0.5) is 0 Å². The fraction of sp³-hybridized carbons (Fsp3) is 0.500. The molecular weight excluding hydrogens is 190 g/mol. The van der Waals surface area contributed by atoms with Gasteiger partial charge in [-0.15, -0.1) is 0 Å². The lowest BCUT2D eigenvalue weighted by Gasteiger charge is -2.08. The first-order chi connectivity index (χ1) is 7.22. The van der Waals surface area contributed by atoms with Gasteiger partial charge in [-0.1, -0.05) is 6.07 Å². The zero-order valence-electron chi connectivity index (χ0n) is 9.42. The van der Waals surface area contributed by atoms with Crippen LogP contribution in [0.25, 0.3) is 0 Å². The fourth-order valence-corrected chi connectivity index (χ4v) is 1.46. The summed E-state index contributed by atoms with van der Waals surface area (Å²) in [5.41, 5.74) is 2.43. The van der Waals surface area contributed by atoms with Gasteiger partial charge in [-0.3, -0.25) is 0 Å². The molecule has 1 aromatic rings. The van der Waals surface area contributed by atoms with Crippen LogP contribution in [0.3, 0.4) is 0 Å². The Morgan fingerprint density at radius 1 is 1.13 bits per heavy atom. The van der Waals surface area contributed by atoms with Gasteiger partial charge in [0, 0.05) is 13.1 Å². The van der Waals surface area contributed by atoms with Gasteiger partial charge in [-0.05, 0) is 37.1 Å². The van der Waals surface area contributed by atoms with Crippen molar-refractivity contribution >= 4 is 0 Å². The molecule has 0 fully saturated rings. The van der Waals surface area contributed by atoms with Crippen LogP contribution in [0.1, 0.15) is 11.1 Å². The molecule has 0 spiro atoms. The summed E-state index contributed by atoms with van der Waals surface area (Å²) in [6.45, 7) is 6.30. The van der Waals surface area contributed by atoms with Crippen LogP contribution >= 0.6 is 0 Å². The maximum atomic E-state index is 8.55. The van der Waals surface area contributed by atoms with Crippen LogP contribution in [0.15, 0.2) is 18.2 Å². The van der Waals surface area contributed by atoms with E-state index in [1.165, 1.54) is 11.1 Å². The highest BCUT2D eigenvalue weighted by atomic mass is 16.5. The Bertz CT molecular complexity index is 279. The monoisotopic (exact) mass is 209 g/mol. The average Bonchev–Trinajstić information content (AvgIpc) is 2.16. The van der Waals surface area contributed by atoms with Gasteiger partial charge in [0.1, 0.15) is 12.4 Å². The molecule has 0 atom stereocenters. The number of hydrogen-bond donors (Lipinski definition) is 2. The van der Waals surface area contributed by atoms with E-state index < -0.39 is 0 Å². The zero-order chi connectivity index (χ0) is 11.1. The minimum Gasteiger partial charge on any atom is -0.492 e. The second-order valence-corrected chi connectivity index (χ2v) is 3.65. The van der Waals surface area contributed by atoms with Gasteiger partial charge in [-0.2, -0.15) is 0 Å². The molecule has 0 aliphatic heterocycles. The normalized spacial score (nSPS) is 10.3. The van der Waals surface area contributed by atoms with Crippen molar-refractivity contribution in [3.63, 3.8) is 0 Å². The summed E-state index contributed by atoms with van der Waals surface area (Å²) in [6.07, 6.45) is 0. The molecule has 1 rings (SSSR count). The highest BCUT2D eigenvalue weighted by Crippen LogP contribution is 2.15. The Kier molecular flexibility index (Phi) is 5.15. The molecule has 1 aromatic carbocycles. The molecule has 84 valence electrons. The van der Waals surface area contributed by atoms with Gasteiger partial charge >= 0.3 is 0 Å². The van der Waals surface area contributed by atoms with Gasteiger partial charge in [0.25, 0.3) is 0 Å². The SMILES string of the molecule is Cc1cc(C)cc(OCCNCCO)c1. The van der Waals surface area contributed by atoms with Crippen LogP contribution in [0.2, 0.25) is 0 Å².